The van der Waals surface area contributed by atoms with Crippen LogP contribution in [0.1, 0.15) is 25.8 Å². The summed E-state index contributed by atoms with van der Waals surface area (Å²) in [5.74, 6) is 0.0455. The number of carbonyl (C=O) groups is 1. The minimum absolute atomic E-state index is 0. The van der Waals surface area contributed by atoms with Crippen molar-refractivity contribution in [2.75, 3.05) is 19.7 Å². The van der Waals surface area contributed by atoms with Crippen LogP contribution in [0.15, 0.2) is 24.3 Å². The molecule has 0 aliphatic carbocycles. The highest BCUT2D eigenvalue weighted by Crippen LogP contribution is 2.30. The van der Waals surface area contributed by atoms with Gasteiger partial charge in [0, 0.05) is 19.1 Å². The first kappa shape index (κ1) is 20.6. The number of benzene rings is 1. The molecule has 0 saturated carbocycles. The second-order valence-corrected chi connectivity index (χ2v) is 6.51. The minimum atomic E-state index is -4.38. The quantitative estimate of drug-likeness (QED) is 0.894. The maximum absolute atomic E-state index is 12.5. The summed E-state index contributed by atoms with van der Waals surface area (Å²) in [6, 6.07) is 4.34. The van der Waals surface area contributed by atoms with Crippen molar-refractivity contribution in [1.82, 2.24) is 4.90 Å². The van der Waals surface area contributed by atoms with Crippen molar-refractivity contribution < 1.29 is 22.7 Å². The summed E-state index contributed by atoms with van der Waals surface area (Å²) in [7, 11) is 0. The van der Waals surface area contributed by atoms with Crippen LogP contribution in [0.2, 0.25) is 0 Å². The van der Waals surface area contributed by atoms with Crippen LogP contribution in [0.4, 0.5) is 13.2 Å². The lowest BCUT2D eigenvalue weighted by atomic mass is 9.80. The number of halogens is 4. The topological polar surface area (TPSA) is 55.6 Å². The number of piperidine rings is 1. The second-order valence-electron chi connectivity index (χ2n) is 6.51. The Morgan fingerprint density at radius 2 is 1.92 bits per heavy atom. The van der Waals surface area contributed by atoms with Crippen LogP contribution in [-0.2, 0) is 11.0 Å². The summed E-state index contributed by atoms with van der Waals surface area (Å²) in [5, 5.41) is 0. The maximum atomic E-state index is 12.5. The predicted molar refractivity (Wildman–Crippen MR) is 87.1 cm³/mol. The zero-order chi connectivity index (χ0) is 17.3. The molecule has 0 spiro atoms. The molecular weight excluding hydrogens is 345 g/mol. The first-order valence-electron chi connectivity index (χ1n) is 7.43. The number of nitrogens with zero attached hydrogens (tertiary/aromatic N) is 1. The van der Waals surface area contributed by atoms with Gasteiger partial charge in [0.25, 0.3) is 5.91 Å². The summed E-state index contributed by atoms with van der Waals surface area (Å²) in [6.45, 7) is 4.93. The molecule has 1 aromatic rings. The molecule has 24 heavy (non-hydrogen) atoms. The molecule has 0 bridgehead atoms. The molecule has 4 nitrogen and oxygen atoms in total. The van der Waals surface area contributed by atoms with Gasteiger partial charge in [-0.15, -0.1) is 12.4 Å². The highest BCUT2D eigenvalue weighted by atomic mass is 35.5. The van der Waals surface area contributed by atoms with E-state index in [1.165, 1.54) is 12.1 Å². The Morgan fingerprint density at radius 1 is 1.33 bits per heavy atom. The molecule has 1 unspecified atom stereocenters. The van der Waals surface area contributed by atoms with Crippen molar-refractivity contribution in [2.45, 2.75) is 32.5 Å². The van der Waals surface area contributed by atoms with E-state index in [0.29, 0.717) is 13.1 Å². The van der Waals surface area contributed by atoms with E-state index in [2.05, 4.69) is 0 Å². The van der Waals surface area contributed by atoms with Gasteiger partial charge in [0.05, 0.1) is 5.56 Å². The monoisotopic (exact) mass is 366 g/mol. The highest BCUT2D eigenvalue weighted by Gasteiger charge is 2.35. The third kappa shape index (κ3) is 5.01. The van der Waals surface area contributed by atoms with E-state index < -0.39 is 11.7 Å². The highest BCUT2D eigenvalue weighted by molar-refractivity contribution is 5.85. The van der Waals surface area contributed by atoms with Gasteiger partial charge >= 0.3 is 6.18 Å². The molecule has 1 amide bonds. The Hall–Kier alpha value is -1.47. The van der Waals surface area contributed by atoms with Gasteiger partial charge in [-0.25, -0.2) is 0 Å². The average Bonchev–Trinajstić information content (AvgIpc) is 2.47. The van der Waals surface area contributed by atoms with E-state index in [0.717, 1.165) is 18.6 Å². The number of hydrogen-bond acceptors (Lipinski definition) is 3. The van der Waals surface area contributed by atoms with Crippen LogP contribution in [0.25, 0.3) is 0 Å². The maximum Gasteiger partial charge on any atom is 0.416 e. The van der Waals surface area contributed by atoms with Crippen molar-refractivity contribution in [3.63, 3.8) is 0 Å². The van der Waals surface area contributed by atoms with Gasteiger partial charge in [-0.05, 0) is 36.1 Å². The van der Waals surface area contributed by atoms with Gasteiger partial charge in [0.2, 0.25) is 0 Å². The summed E-state index contributed by atoms with van der Waals surface area (Å²) in [5.41, 5.74) is 5.12. The zero-order valence-electron chi connectivity index (χ0n) is 13.6. The number of nitrogens with two attached hydrogens (primary N) is 1. The number of rotatable bonds is 3. The molecule has 1 saturated heterocycles. The van der Waals surface area contributed by atoms with E-state index in [9.17, 15) is 18.0 Å². The molecule has 2 rings (SSSR count). The second kappa shape index (κ2) is 7.61. The lowest BCUT2D eigenvalue weighted by molar-refractivity contribution is -0.138. The van der Waals surface area contributed by atoms with Gasteiger partial charge < -0.3 is 15.4 Å². The van der Waals surface area contributed by atoms with E-state index >= 15 is 0 Å². The average molecular weight is 367 g/mol. The van der Waals surface area contributed by atoms with Crippen LogP contribution in [0.5, 0.6) is 5.75 Å². The molecule has 8 heteroatoms. The third-order valence-electron chi connectivity index (χ3n) is 4.21. The van der Waals surface area contributed by atoms with Crippen molar-refractivity contribution in [2.24, 2.45) is 11.1 Å². The Morgan fingerprint density at radius 3 is 2.42 bits per heavy atom. The predicted octanol–water partition coefficient (Wildman–Crippen LogP) is 3.09. The summed E-state index contributed by atoms with van der Waals surface area (Å²) in [4.78, 5) is 13.9. The van der Waals surface area contributed by atoms with Gasteiger partial charge in [0.15, 0.2) is 6.61 Å². The number of carbonyl (C=O) groups excluding carboxylic acids is 1. The first-order chi connectivity index (χ1) is 10.6. The van der Waals surface area contributed by atoms with Crippen LogP contribution >= 0.6 is 12.4 Å². The Kier molecular flexibility index (Phi) is 6.52. The van der Waals surface area contributed by atoms with Crippen LogP contribution in [0, 0.1) is 5.41 Å². The van der Waals surface area contributed by atoms with Crippen molar-refractivity contribution >= 4 is 18.3 Å². The van der Waals surface area contributed by atoms with Crippen LogP contribution < -0.4 is 10.5 Å². The number of ether oxygens (including phenoxy) is 1. The van der Waals surface area contributed by atoms with Crippen molar-refractivity contribution in [3.05, 3.63) is 29.8 Å². The fraction of sp³-hybridized carbons (Fsp3) is 0.562. The third-order valence-corrected chi connectivity index (χ3v) is 4.21. The SMILES string of the molecule is CC1(C)CN(C(=O)COc2ccc(C(F)(F)F)cc2)CCC1N.Cl. The molecule has 1 heterocycles. The fourth-order valence-corrected chi connectivity index (χ4v) is 2.56. The Balaban J connectivity index is 0.00000288. The molecule has 0 radical (unpaired) electrons. The molecule has 1 aliphatic rings. The van der Waals surface area contributed by atoms with Gasteiger partial charge in [-0.2, -0.15) is 13.2 Å². The van der Waals surface area contributed by atoms with Crippen LogP contribution in [0.3, 0.4) is 0 Å². The number of amides is 1. The first-order valence-corrected chi connectivity index (χ1v) is 7.43. The Labute approximate surface area is 145 Å². The van der Waals surface area contributed by atoms with E-state index in [-0.39, 0.29) is 42.1 Å². The summed E-state index contributed by atoms with van der Waals surface area (Å²) < 4.78 is 42.7. The van der Waals surface area contributed by atoms with E-state index in [4.69, 9.17) is 10.5 Å². The molecule has 0 aromatic heterocycles. The van der Waals surface area contributed by atoms with E-state index in [1.54, 1.807) is 4.90 Å². The number of alkyl halides is 3. The normalized spacial score (nSPS) is 20.2. The molecule has 136 valence electrons. The Bertz CT molecular complexity index is 561. The standard InChI is InChI=1S/C16H21F3N2O2.ClH/c1-15(2)10-21(8-7-13(15)20)14(22)9-23-12-5-3-11(4-6-12)16(17,18)19;/h3-6,13H,7-10,20H2,1-2H3;1H. The van der Waals surface area contributed by atoms with Gasteiger partial charge in [0.1, 0.15) is 5.75 Å². The molecule has 1 aliphatic heterocycles. The fourth-order valence-electron chi connectivity index (χ4n) is 2.56. The van der Waals surface area contributed by atoms with Gasteiger partial charge in [-0.3, -0.25) is 4.79 Å². The van der Waals surface area contributed by atoms with Crippen molar-refractivity contribution in [3.8, 4) is 5.75 Å². The smallest absolute Gasteiger partial charge is 0.416 e. The lowest BCUT2D eigenvalue weighted by Crippen LogP contribution is -2.54. The number of hydrogen-bond donors (Lipinski definition) is 1. The van der Waals surface area contributed by atoms with Crippen LogP contribution in [-0.4, -0.2) is 36.5 Å². The number of likely N-dealkylation sites (tertiary alicyclic amines) is 1. The summed E-state index contributed by atoms with van der Waals surface area (Å²) in [6.07, 6.45) is -3.66. The molecule has 2 N–H and O–H groups in total. The van der Waals surface area contributed by atoms with Crippen molar-refractivity contribution in [1.29, 1.82) is 0 Å². The largest absolute Gasteiger partial charge is 0.484 e. The summed E-state index contributed by atoms with van der Waals surface area (Å²) >= 11 is 0. The lowest BCUT2D eigenvalue weighted by Gasteiger charge is -2.42. The molecule has 1 atom stereocenters. The molecule has 1 fully saturated rings. The molecule has 1 aromatic carbocycles. The zero-order valence-corrected chi connectivity index (χ0v) is 14.4. The van der Waals surface area contributed by atoms with E-state index in [1.807, 2.05) is 13.8 Å². The molecular formula is C16H22ClF3N2O2. The minimum Gasteiger partial charge on any atom is -0.484 e. The van der Waals surface area contributed by atoms with Gasteiger partial charge in [-0.1, -0.05) is 13.8 Å².